The first-order valence-corrected chi connectivity index (χ1v) is 10.6. The average molecular weight is 403 g/mol. The van der Waals surface area contributed by atoms with E-state index in [1.165, 1.54) is 0 Å². The molecule has 0 saturated heterocycles. The van der Waals surface area contributed by atoms with Crippen LogP contribution in [-0.4, -0.2) is 47.9 Å². The zero-order valence-corrected chi connectivity index (χ0v) is 20.3. The molecule has 4 heteroatoms. The van der Waals surface area contributed by atoms with Crippen molar-refractivity contribution in [1.29, 1.82) is 0 Å². The molecule has 29 heavy (non-hydrogen) atoms. The Kier molecular flexibility index (Phi) is 8.79. The Labute approximate surface area is 178 Å². The van der Waals surface area contributed by atoms with E-state index in [1.807, 2.05) is 12.4 Å². The summed E-state index contributed by atoms with van der Waals surface area (Å²) in [6.07, 6.45) is 4.75. The zero-order valence-electron chi connectivity index (χ0n) is 20.3. The first kappa shape index (κ1) is 25.5. The van der Waals surface area contributed by atoms with E-state index in [1.54, 1.807) is 0 Å². The van der Waals surface area contributed by atoms with Gasteiger partial charge in [0.1, 0.15) is 0 Å². The lowest BCUT2D eigenvalue weighted by molar-refractivity contribution is -0.0225. The van der Waals surface area contributed by atoms with E-state index < -0.39 is 0 Å². The van der Waals surface area contributed by atoms with E-state index in [0.29, 0.717) is 13.2 Å². The van der Waals surface area contributed by atoms with Crippen LogP contribution in [0, 0.1) is 0 Å². The maximum atomic E-state index is 5.87. The summed E-state index contributed by atoms with van der Waals surface area (Å²) < 4.78 is 11.7. The molecule has 0 fully saturated rings. The number of ether oxygens (including phenoxy) is 2. The van der Waals surface area contributed by atoms with Gasteiger partial charge >= 0.3 is 0 Å². The molecule has 4 nitrogen and oxygen atoms in total. The molecule has 0 amide bonds. The molecule has 0 aliphatic rings. The van der Waals surface area contributed by atoms with Crippen LogP contribution in [0.4, 0.5) is 0 Å². The van der Waals surface area contributed by atoms with Crippen LogP contribution in [0.15, 0.2) is 34.3 Å². The highest BCUT2D eigenvalue weighted by Gasteiger charge is 2.20. The summed E-state index contributed by atoms with van der Waals surface area (Å²) >= 11 is 0. The first-order valence-electron chi connectivity index (χ1n) is 10.6. The average Bonchev–Trinajstić information content (AvgIpc) is 2.56. The van der Waals surface area contributed by atoms with Gasteiger partial charge in [0, 0.05) is 19.0 Å². The quantitative estimate of drug-likeness (QED) is 0.468. The van der Waals surface area contributed by atoms with Crippen molar-refractivity contribution in [2.75, 3.05) is 13.2 Å². The van der Waals surface area contributed by atoms with E-state index in [-0.39, 0.29) is 22.3 Å². The minimum atomic E-state index is -0.257. The standard InChI is InChI=1S/C25H42N2O2/c1-22(2,3)28-16-15-24(7,8)26-17-20-11-13-21(14-12-20)18-27-25(9,10)19-29-23(4,5)6/h11-14,17-18H,15-16,19H2,1-10H3. The van der Waals surface area contributed by atoms with Gasteiger partial charge in [0.2, 0.25) is 0 Å². The van der Waals surface area contributed by atoms with E-state index in [2.05, 4.69) is 93.5 Å². The van der Waals surface area contributed by atoms with Gasteiger partial charge in [-0.1, -0.05) is 24.3 Å². The minimum Gasteiger partial charge on any atom is -0.376 e. The monoisotopic (exact) mass is 402 g/mol. The third-order valence-corrected chi connectivity index (χ3v) is 4.17. The maximum absolute atomic E-state index is 5.87. The molecule has 164 valence electrons. The third kappa shape index (κ3) is 12.6. The predicted molar refractivity (Wildman–Crippen MR) is 126 cm³/mol. The van der Waals surface area contributed by atoms with Gasteiger partial charge in [-0.3, -0.25) is 9.98 Å². The van der Waals surface area contributed by atoms with Crippen LogP contribution in [0.25, 0.3) is 0 Å². The molecule has 0 atom stereocenters. The highest BCUT2D eigenvalue weighted by molar-refractivity contribution is 5.84. The summed E-state index contributed by atoms with van der Waals surface area (Å²) in [7, 11) is 0. The van der Waals surface area contributed by atoms with Crippen molar-refractivity contribution in [2.24, 2.45) is 9.98 Å². The molecule has 1 aromatic carbocycles. The maximum Gasteiger partial charge on any atom is 0.0785 e. The fraction of sp³-hybridized carbons (Fsp3) is 0.680. The molecule has 0 aliphatic carbocycles. The zero-order chi connectivity index (χ0) is 22.3. The molecule has 0 aromatic heterocycles. The summed E-state index contributed by atoms with van der Waals surface area (Å²) in [6, 6.07) is 8.29. The molecule has 0 bridgehead atoms. The smallest absolute Gasteiger partial charge is 0.0785 e. The third-order valence-electron chi connectivity index (χ3n) is 4.17. The van der Waals surface area contributed by atoms with Crippen LogP contribution < -0.4 is 0 Å². The van der Waals surface area contributed by atoms with E-state index in [9.17, 15) is 0 Å². The molecule has 0 heterocycles. The van der Waals surface area contributed by atoms with Gasteiger partial charge in [0.05, 0.1) is 28.9 Å². The summed E-state index contributed by atoms with van der Waals surface area (Å²) in [4.78, 5) is 9.45. The van der Waals surface area contributed by atoms with Crippen LogP contribution in [0.3, 0.4) is 0 Å². The van der Waals surface area contributed by atoms with E-state index >= 15 is 0 Å². The normalized spacial score (nSPS) is 14.3. The van der Waals surface area contributed by atoms with Crippen LogP contribution in [-0.2, 0) is 9.47 Å². The molecule has 0 N–H and O–H groups in total. The van der Waals surface area contributed by atoms with E-state index in [4.69, 9.17) is 19.5 Å². The van der Waals surface area contributed by atoms with E-state index in [0.717, 1.165) is 17.5 Å². The second-order valence-electron chi connectivity index (χ2n) is 10.9. The highest BCUT2D eigenvalue weighted by Crippen LogP contribution is 2.18. The lowest BCUT2D eigenvalue weighted by Crippen LogP contribution is -2.31. The SMILES string of the molecule is CC(C)(CCOC(C)(C)C)N=Cc1ccc(C=NC(C)(C)COC(C)(C)C)cc1. The molecular formula is C25H42N2O2. The molecule has 1 aromatic rings. The number of benzene rings is 1. The topological polar surface area (TPSA) is 43.2 Å². The molecular weight excluding hydrogens is 360 g/mol. The Morgan fingerprint density at radius 3 is 1.48 bits per heavy atom. The summed E-state index contributed by atoms with van der Waals surface area (Å²) in [6.45, 7) is 22.2. The Morgan fingerprint density at radius 1 is 0.655 bits per heavy atom. The molecule has 1 rings (SSSR count). The fourth-order valence-corrected chi connectivity index (χ4v) is 2.27. The van der Waals surface area contributed by atoms with Gasteiger partial charge in [-0.05, 0) is 86.8 Å². The van der Waals surface area contributed by atoms with Crippen LogP contribution in [0.2, 0.25) is 0 Å². The fourth-order valence-electron chi connectivity index (χ4n) is 2.27. The van der Waals surface area contributed by atoms with Gasteiger partial charge in [-0.15, -0.1) is 0 Å². The minimum absolute atomic E-state index is 0.107. The molecule has 0 saturated carbocycles. The van der Waals surface area contributed by atoms with Crippen molar-refractivity contribution >= 4 is 12.4 Å². The van der Waals surface area contributed by atoms with Crippen molar-refractivity contribution in [2.45, 2.75) is 97.9 Å². The Bertz CT molecular complexity index is 672. The van der Waals surface area contributed by atoms with Crippen molar-refractivity contribution < 1.29 is 9.47 Å². The van der Waals surface area contributed by atoms with Crippen LogP contribution >= 0.6 is 0 Å². The summed E-state index contributed by atoms with van der Waals surface area (Å²) in [5, 5.41) is 0. The number of nitrogens with zero attached hydrogens (tertiary/aromatic N) is 2. The Morgan fingerprint density at radius 2 is 1.07 bits per heavy atom. The number of aliphatic imine (C=N–C) groups is 2. The van der Waals surface area contributed by atoms with Crippen molar-refractivity contribution in [3.8, 4) is 0 Å². The highest BCUT2D eigenvalue weighted by atomic mass is 16.5. The van der Waals surface area contributed by atoms with Gasteiger partial charge in [-0.25, -0.2) is 0 Å². The molecule has 0 unspecified atom stereocenters. The molecule has 0 aliphatic heterocycles. The molecule has 0 radical (unpaired) electrons. The van der Waals surface area contributed by atoms with Crippen molar-refractivity contribution in [3.05, 3.63) is 35.4 Å². The van der Waals surface area contributed by atoms with Crippen molar-refractivity contribution in [1.82, 2.24) is 0 Å². The van der Waals surface area contributed by atoms with Crippen LogP contribution in [0.1, 0.15) is 86.8 Å². The second kappa shape index (κ2) is 9.99. The molecule has 0 spiro atoms. The Balaban J connectivity index is 2.63. The lowest BCUT2D eigenvalue weighted by Gasteiger charge is -2.26. The largest absolute Gasteiger partial charge is 0.376 e. The first-order chi connectivity index (χ1) is 13.1. The number of rotatable bonds is 9. The summed E-state index contributed by atoms with van der Waals surface area (Å²) in [5.41, 5.74) is 1.49. The van der Waals surface area contributed by atoms with Gasteiger partial charge in [-0.2, -0.15) is 0 Å². The van der Waals surface area contributed by atoms with Crippen molar-refractivity contribution in [3.63, 3.8) is 0 Å². The second-order valence-corrected chi connectivity index (χ2v) is 10.9. The predicted octanol–water partition coefficient (Wildman–Crippen LogP) is 6.10. The van der Waals surface area contributed by atoms with Gasteiger partial charge in [0.25, 0.3) is 0 Å². The lowest BCUT2D eigenvalue weighted by atomic mass is 10.0. The number of hydrogen-bond acceptors (Lipinski definition) is 4. The summed E-state index contributed by atoms with van der Waals surface area (Å²) in [5.74, 6) is 0. The van der Waals surface area contributed by atoms with Crippen LogP contribution in [0.5, 0.6) is 0 Å². The Hall–Kier alpha value is -1.52. The van der Waals surface area contributed by atoms with Gasteiger partial charge in [0.15, 0.2) is 0 Å². The number of hydrogen-bond donors (Lipinski definition) is 0. The van der Waals surface area contributed by atoms with Gasteiger partial charge < -0.3 is 9.47 Å².